The molecule has 0 heterocycles. The first-order valence-corrected chi connectivity index (χ1v) is 7.70. The van der Waals surface area contributed by atoms with Crippen LogP contribution in [0.1, 0.15) is 61.3 Å². The summed E-state index contributed by atoms with van der Waals surface area (Å²) in [5, 5.41) is 10.7. The molecular weight excluding hydrogens is 260 g/mol. The fraction of sp³-hybridized carbons (Fsp3) is 0.684. The molecule has 0 spiro atoms. The lowest BCUT2D eigenvalue weighted by Gasteiger charge is -2.28. The Morgan fingerprint density at radius 2 is 1.62 bits per heavy atom. The zero-order valence-electron chi connectivity index (χ0n) is 15.3. The third kappa shape index (κ3) is 6.99. The van der Waals surface area contributed by atoms with Gasteiger partial charge in [-0.3, -0.25) is 0 Å². The van der Waals surface area contributed by atoms with Gasteiger partial charge in [0, 0.05) is 13.7 Å². The van der Waals surface area contributed by atoms with E-state index >= 15 is 0 Å². The molecule has 0 unspecified atom stereocenters. The standard InChI is InChI=1S/C19H34O2/c1-14(11-10-12-21-9)13-16(19(6,7)8)17(20)15(2)18(3,4)5/h13,20H,1,10-12H2,2-9H3/b16-13+,17-15-. The molecule has 0 rings (SSSR count). The van der Waals surface area contributed by atoms with Gasteiger partial charge in [0.15, 0.2) is 0 Å². The lowest BCUT2D eigenvalue weighted by atomic mass is 9.78. The van der Waals surface area contributed by atoms with Crippen molar-refractivity contribution in [1.29, 1.82) is 0 Å². The largest absolute Gasteiger partial charge is 0.508 e. The van der Waals surface area contributed by atoms with E-state index in [0.29, 0.717) is 5.76 Å². The third-order valence-electron chi connectivity index (χ3n) is 3.74. The average molecular weight is 294 g/mol. The third-order valence-corrected chi connectivity index (χ3v) is 3.74. The van der Waals surface area contributed by atoms with E-state index in [-0.39, 0.29) is 10.8 Å². The minimum atomic E-state index is -0.124. The van der Waals surface area contributed by atoms with Crippen molar-refractivity contribution in [2.24, 2.45) is 10.8 Å². The van der Waals surface area contributed by atoms with Crippen molar-refractivity contribution < 1.29 is 9.84 Å². The van der Waals surface area contributed by atoms with Crippen LogP contribution in [0.3, 0.4) is 0 Å². The second-order valence-corrected chi connectivity index (χ2v) is 7.79. The number of ether oxygens (including phenoxy) is 1. The SMILES string of the molecule is C=C(/C=C(\C(O)=C(/C)C(C)(C)C)C(C)(C)C)CCCOC. The molecule has 0 bridgehead atoms. The molecule has 0 radical (unpaired) electrons. The molecule has 21 heavy (non-hydrogen) atoms. The summed E-state index contributed by atoms with van der Waals surface area (Å²) in [7, 11) is 1.71. The Labute approximate surface area is 131 Å². The Morgan fingerprint density at radius 3 is 2.00 bits per heavy atom. The van der Waals surface area contributed by atoms with Crippen LogP contribution in [0.5, 0.6) is 0 Å². The Bertz CT molecular complexity index is 412. The van der Waals surface area contributed by atoms with Gasteiger partial charge in [-0.15, -0.1) is 0 Å². The number of hydrogen-bond acceptors (Lipinski definition) is 2. The van der Waals surface area contributed by atoms with Gasteiger partial charge in [0.1, 0.15) is 5.76 Å². The lowest BCUT2D eigenvalue weighted by Crippen LogP contribution is -2.17. The molecule has 2 nitrogen and oxygen atoms in total. The molecule has 0 saturated heterocycles. The number of aliphatic hydroxyl groups excluding tert-OH is 1. The van der Waals surface area contributed by atoms with Crippen molar-refractivity contribution in [1.82, 2.24) is 0 Å². The highest BCUT2D eigenvalue weighted by Gasteiger charge is 2.26. The van der Waals surface area contributed by atoms with Crippen LogP contribution in [0.2, 0.25) is 0 Å². The summed E-state index contributed by atoms with van der Waals surface area (Å²) in [4.78, 5) is 0. The van der Waals surface area contributed by atoms with Gasteiger partial charge >= 0.3 is 0 Å². The van der Waals surface area contributed by atoms with Gasteiger partial charge in [0.2, 0.25) is 0 Å². The smallest absolute Gasteiger partial charge is 0.118 e. The second-order valence-electron chi connectivity index (χ2n) is 7.79. The monoisotopic (exact) mass is 294 g/mol. The predicted octanol–water partition coefficient (Wildman–Crippen LogP) is 5.82. The van der Waals surface area contributed by atoms with E-state index in [9.17, 15) is 5.11 Å². The van der Waals surface area contributed by atoms with Crippen LogP contribution >= 0.6 is 0 Å². The van der Waals surface area contributed by atoms with Crippen LogP contribution in [-0.4, -0.2) is 18.8 Å². The highest BCUT2D eigenvalue weighted by molar-refractivity contribution is 5.39. The second kappa shape index (κ2) is 7.84. The molecule has 0 aromatic rings. The molecular formula is C19H34O2. The summed E-state index contributed by atoms with van der Waals surface area (Å²) in [5.41, 5.74) is 2.82. The van der Waals surface area contributed by atoms with E-state index in [1.807, 2.05) is 13.0 Å². The van der Waals surface area contributed by atoms with Crippen LogP contribution in [0, 0.1) is 10.8 Å². The zero-order chi connectivity index (χ0) is 16.8. The predicted molar refractivity (Wildman–Crippen MR) is 92.6 cm³/mol. The number of allylic oxidation sites excluding steroid dienone is 4. The summed E-state index contributed by atoms with van der Waals surface area (Å²) < 4.78 is 5.07. The first kappa shape index (κ1) is 20.0. The maximum atomic E-state index is 10.7. The topological polar surface area (TPSA) is 29.5 Å². The molecule has 0 fully saturated rings. The molecule has 0 saturated carbocycles. The Balaban J connectivity index is 5.48. The van der Waals surface area contributed by atoms with Gasteiger partial charge < -0.3 is 9.84 Å². The highest BCUT2D eigenvalue weighted by Crippen LogP contribution is 2.37. The summed E-state index contributed by atoms with van der Waals surface area (Å²) >= 11 is 0. The Morgan fingerprint density at radius 1 is 1.10 bits per heavy atom. The molecule has 0 amide bonds. The maximum absolute atomic E-state index is 10.7. The van der Waals surface area contributed by atoms with Gasteiger partial charge in [-0.1, -0.05) is 59.8 Å². The Hall–Kier alpha value is -1.02. The number of hydrogen-bond donors (Lipinski definition) is 1. The lowest BCUT2D eigenvalue weighted by molar-refractivity contribution is 0.195. The van der Waals surface area contributed by atoms with E-state index in [2.05, 4.69) is 48.1 Å². The van der Waals surface area contributed by atoms with Crippen LogP contribution in [0.15, 0.2) is 35.1 Å². The molecule has 1 N–H and O–H groups in total. The van der Waals surface area contributed by atoms with Crippen LogP contribution in [0.4, 0.5) is 0 Å². The minimum absolute atomic E-state index is 0.0498. The molecule has 122 valence electrons. The first-order valence-electron chi connectivity index (χ1n) is 7.70. The van der Waals surface area contributed by atoms with Crippen molar-refractivity contribution in [2.75, 3.05) is 13.7 Å². The molecule has 0 aliphatic heterocycles. The molecule has 2 heteroatoms. The van der Waals surface area contributed by atoms with Gasteiger partial charge in [0.05, 0.1) is 0 Å². The fourth-order valence-corrected chi connectivity index (χ4v) is 1.92. The van der Waals surface area contributed by atoms with Crippen molar-refractivity contribution >= 4 is 0 Å². The fourth-order valence-electron chi connectivity index (χ4n) is 1.92. The molecule has 0 aromatic carbocycles. The quantitative estimate of drug-likeness (QED) is 0.380. The summed E-state index contributed by atoms with van der Waals surface area (Å²) in [5.74, 6) is 0.405. The van der Waals surface area contributed by atoms with Crippen LogP contribution in [0.25, 0.3) is 0 Å². The van der Waals surface area contributed by atoms with E-state index in [1.54, 1.807) is 7.11 Å². The first-order chi connectivity index (χ1) is 9.41. The van der Waals surface area contributed by atoms with E-state index < -0.39 is 0 Å². The Kier molecular flexibility index (Phi) is 7.46. The van der Waals surface area contributed by atoms with E-state index in [4.69, 9.17) is 4.74 Å². The number of aliphatic hydroxyl groups is 1. The van der Waals surface area contributed by atoms with E-state index in [1.165, 1.54) is 0 Å². The summed E-state index contributed by atoms with van der Waals surface area (Å²) in [6.45, 7) is 19.6. The average Bonchev–Trinajstić information content (AvgIpc) is 2.32. The maximum Gasteiger partial charge on any atom is 0.118 e. The van der Waals surface area contributed by atoms with Crippen LogP contribution in [-0.2, 0) is 4.74 Å². The highest BCUT2D eigenvalue weighted by atomic mass is 16.5. The van der Waals surface area contributed by atoms with Gasteiger partial charge in [0.25, 0.3) is 0 Å². The van der Waals surface area contributed by atoms with Crippen LogP contribution < -0.4 is 0 Å². The molecule has 0 aliphatic rings. The normalized spacial score (nSPS) is 15.0. The summed E-state index contributed by atoms with van der Waals surface area (Å²) in [6, 6.07) is 0. The van der Waals surface area contributed by atoms with Crippen molar-refractivity contribution in [3.8, 4) is 0 Å². The minimum Gasteiger partial charge on any atom is -0.508 e. The zero-order valence-corrected chi connectivity index (χ0v) is 15.3. The molecule has 0 aliphatic carbocycles. The van der Waals surface area contributed by atoms with Crippen molar-refractivity contribution in [2.45, 2.75) is 61.3 Å². The van der Waals surface area contributed by atoms with E-state index in [0.717, 1.165) is 36.2 Å². The molecule has 0 atom stereocenters. The number of methoxy groups -OCH3 is 1. The number of rotatable bonds is 6. The van der Waals surface area contributed by atoms with Crippen molar-refractivity contribution in [3.63, 3.8) is 0 Å². The van der Waals surface area contributed by atoms with Crippen molar-refractivity contribution in [3.05, 3.63) is 35.1 Å². The van der Waals surface area contributed by atoms with Gasteiger partial charge in [-0.25, -0.2) is 0 Å². The molecule has 0 aromatic heterocycles. The summed E-state index contributed by atoms with van der Waals surface area (Å²) in [6.07, 6.45) is 3.88. The van der Waals surface area contributed by atoms with Gasteiger partial charge in [-0.2, -0.15) is 0 Å². The van der Waals surface area contributed by atoms with Gasteiger partial charge in [-0.05, 0) is 41.7 Å².